The summed E-state index contributed by atoms with van der Waals surface area (Å²) >= 11 is 1.38. The molecule has 1 aromatic carbocycles. The normalized spacial score (nSPS) is 10.5. The minimum absolute atomic E-state index is 0.0693. The second-order valence-corrected chi connectivity index (χ2v) is 5.14. The van der Waals surface area contributed by atoms with E-state index in [1.807, 2.05) is 0 Å². The van der Waals surface area contributed by atoms with Crippen molar-refractivity contribution in [3.63, 3.8) is 0 Å². The molecule has 5 nitrogen and oxygen atoms in total. The van der Waals surface area contributed by atoms with Crippen LogP contribution in [0.1, 0.15) is 21.9 Å². The number of benzene rings is 1. The molecule has 1 heterocycles. The van der Waals surface area contributed by atoms with Gasteiger partial charge in [-0.05, 0) is 25.1 Å². The third kappa shape index (κ3) is 3.24. The number of carbonyl (C=O) groups is 1. The Bertz CT molecular complexity index is 640. The number of primary amides is 1. The van der Waals surface area contributed by atoms with Crippen molar-refractivity contribution in [1.29, 1.82) is 0 Å². The molecule has 4 N–H and O–H groups in total. The van der Waals surface area contributed by atoms with E-state index in [-0.39, 0.29) is 17.2 Å². The van der Waals surface area contributed by atoms with Gasteiger partial charge in [0.15, 0.2) is 0 Å². The number of nitrogens with zero attached hydrogens (tertiary/aromatic N) is 2. The molecule has 0 unspecified atom stereocenters. The largest absolute Gasteiger partial charge is 0.383 e. The average molecular weight is 292 g/mol. The Balaban J connectivity index is 2.17. The Morgan fingerprint density at radius 1 is 1.40 bits per heavy atom. The van der Waals surface area contributed by atoms with E-state index in [4.69, 9.17) is 11.5 Å². The third-order valence-electron chi connectivity index (χ3n) is 2.57. The number of carbonyl (C=O) groups excluding carboxylic acids is 1. The first-order valence-electron chi connectivity index (χ1n) is 5.78. The van der Waals surface area contributed by atoms with Gasteiger partial charge in [0.05, 0.1) is 11.4 Å². The number of halogens is 1. The monoisotopic (exact) mass is 292 g/mol. The van der Waals surface area contributed by atoms with E-state index in [0.717, 1.165) is 4.90 Å². The number of thioether (sulfide) groups is 1. The molecule has 0 fully saturated rings. The lowest BCUT2D eigenvalue weighted by Gasteiger charge is -2.07. The zero-order chi connectivity index (χ0) is 14.7. The highest BCUT2D eigenvalue weighted by atomic mass is 32.2. The highest BCUT2D eigenvalue weighted by Gasteiger charge is 2.14. The second kappa shape index (κ2) is 5.87. The Morgan fingerprint density at radius 2 is 2.15 bits per heavy atom. The van der Waals surface area contributed by atoms with Crippen molar-refractivity contribution in [3.05, 3.63) is 47.2 Å². The molecule has 104 valence electrons. The van der Waals surface area contributed by atoms with Crippen molar-refractivity contribution in [2.24, 2.45) is 5.73 Å². The third-order valence-corrected chi connectivity index (χ3v) is 3.56. The maximum absolute atomic E-state index is 13.0. The minimum Gasteiger partial charge on any atom is -0.383 e. The molecule has 0 aliphatic heterocycles. The van der Waals surface area contributed by atoms with Crippen molar-refractivity contribution in [2.75, 3.05) is 5.73 Å². The zero-order valence-electron chi connectivity index (χ0n) is 10.8. The topological polar surface area (TPSA) is 94.9 Å². The van der Waals surface area contributed by atoms with Crippen molar-refractivity contribution in [2.45, 2.75) is 17.6 Å². The van der Waals surface area contributed by atoms with E-state index in [1.54, 1.807) is 19.1 Å². The van der Waals surface area contributed by atoms with Crippen LogP contribution in [-0.2, 0) is 5.75 Å². The molecular formula is C13H13FN4OS. The lowest BCUT2D eigenvalue weighted by atomic mass is 10.2. The zero-order valence-corrected chi connectivity index (χ0v) is 11.6. The van der Waals surface area contributed by atoms with Gasteiger partial charge in [-0.15, -0.1) is 11.8 Å². The van der Waals surface area contributed by atoms with Crippen LogP contribution in [0.15, 0.2) is 29.2 Å². The van der Waals surface area contributed by atoms with E-state index in [0.29, 0.717) is 17.3 Å². The molecule has 2 aromatic rings. The SMILES string of the molecule is Cc1nc(CSc2cccc(F)c2)nc(N)c1C(N)=O. The number of nitrogen functional groups attached to an aromatic ring is 1. The molecular weight excluding hydrogens is 279 g/mol. The summed E-state index contributed by atoms with van der Waals surface area (Å²) in [4.78, 5) is 20.2. The molecule has 0 spiro atoms. The van der Waals surface area contributed by atoms with Crippen LogP contribution in [0.4, 0.5) is 10.2 Å². The predicted molar refractivity (Wildman–Crippen MR) is 75.7 cm³/mol. The van der Waals surface area contributed by atoms with E-state index < -0.39 is 5.91 Å². The summed E-state index contributed by atoms with van der Waals surface area (Å²) in [5, 5.41) is 0. The average Bonchev–Trinajstić information content (AvgIpc) is 2.35. The maximum atomic E-state index is 13.0. The van der Waals surface area contributed by atoms with E-state index >= 15 is 0 Å². The molecule has 0 bridgehead atoms. The van der Waals surface area contributed by atoms with Gasteiger partial charge in [0.2, 0.25) is 0 Å². The van der Waals surface area contributed by atoms with Gasteiger partial charge in [0.1, 0.15) is 23.0 Å². The summed E-state index contributed by atoms with van der Waals surface area (Å²) in [6, 6.07) is 6.24. The smallest absolute Gasteiger partial charge is 0.254 e. The van der Waals surface area contributed by atoms with Crippen LogP contribution in [0.2, 0.25) is 0 Å². The van der Waals surface area contributed by atoms with Gasteiger partial charge in [0.25, 0.3) is 5.91 Å². The van der Waals surface area contributed by atoms with Gasteiger partial charge in [-0.3, -0.25) is 4.79 Å². The Morgan fingerprint density at radius 3 is 2.75 bits per heavy atom. The van der Waals surface area contributed by atoms with E-state index in [2.05, 4.69) is 9.97 Å². The van der Waals surface area contributed by atoms with Crippen LogP contribution in [0.3, 0.4) is 0 Å². The number of anilines is 1. The summed E-state index contributed by atoms with van der Waals surface area (Å²) in [7, 11) is 0. The molecule has 0 atom stereocenters. The number of rotatable bonds is 4. The molecule has 1 amide bonds. The Hall–Kier alpha value is -2.15. The molecule has 7 heteroatoms. The highest BCUT2D eigenvalue weighted by Crippen LogP contribution is 2.23. The van der Waals surface area contributed by atoms with Crippen molar-refractivity contribution in [1.82, 2.24) is 9.97 Å². The van der Waals surface area contributed by atoms with Crippen molar-refractivity contribution in [3.8, 4) is 0 Å². The fourth-order valence-corrected chi connectivity index (χ4v) is 2.52. The van der Waals surface area contributed by atoms with Crippen LogP contribution in [0.5, 0.6) is 0 Å². The number of hydrogen-bond donors (Lipinski definition) is 2. The first-order chi connectivity index (χ1) is 9.47. The summed E-state index contributed by atoms with van der Waals surface area (Å²) in [6.07, 6.45) is 0. The second-order valence-electron chi connectivity index (χ2n) is 4.10. The quantitative estimate of drug-likeness (QED) is 0.839. The maximum Gasteiger partial charge on any atom is 0.254 e. The van der Waals surface area contributed by atoms with Gasteiger partial charge < -0.3 is 11.5 Å². The fourth-order valence-electron chi connectivity index (χ4n) is 1.73. The van der Waals surface area contributed by atoms with Gasteiger partial charge in [0, 0.05) is 4.90 Å². The molecule has 1 aromatic heterocycles. The fraction of sp³-hybridized carbons (Fsp3) is 0.154. The van der Waals surface area contributed by atoms with E-state index in [1.165, 1.54) is 23.9 Å². The lowest BCUT2D eigenvalue weighted by Crippen LogP contribution is -2.18. The van der Waals surface area contributed by atoms with Crippen LogP contribution in [0.25, 0.3) is 0 Å². The molecule has 2 rings (SSSR count). The van der Waals surface area contributed by atoms with Crippen LogP contribution < -0.4 is 11.5 Å². The minimum atomic E-state index is -0.649. The number of amides is 1. The molecule has 0 aliphatic rings. The molecule has 0 aliphatic carbocycles. The predicted octanol–water partition coefficient (Wildman–Crippen LogP) is 1.90. The molecule has 20 heavy (non-hydrogen) atoms. The Labute approximate surface area is 119 Å². The van der Waals surface area contributed by atoms with Gasteiger partial charge in [-0.2, -0.15) is 0 Å². The molecule has 0 saturated heterocycles. The van der Waals surface area contributed by atoms with Crippen LogP contribution in [-0.4, -0.2) is 15.9 Å². The molecule has 0 saturated carbocycles. The summed E-state index contributed by atoms with van der Waals surface area (Å²) in [5.41, 5.74) is 11.5. The number of hydrogen-bond acceptors (Lipinski definition) is 5. The van der Waals surface area contributed by atoms with Gasteiger partial charge in [-0.25, -0.2) is 14.4 Å². The van der Waals surface area contributed by atoms with Crippen LogP contribution >= 0.6 is 11.8 Å². The van der Waals surface area contributed by atoms with Gasteiger partial charge >= 0.3 is 0 Å². The Kier molecular flexibility index (Phi) is 4.19. The standard InChI is InChI=1S/C13H13FN4OS/c1-7-11(13(16)19)12(15)18-10(17-7)6-20-9-4-2-3-8(14)5-9/h2-5H,6H2,1H3,(H2,16,19)(H2,15,17,18). The van der Waals surface area contributed by atoms with Crippen molar-refractivity contribution < 1.29 is 9.18 Å². The van der Waals surface area contributed by atoms with Gasteiger partial charge in [-0.1, -0.05) is 6.07 Å². The number of aryl methyl sites for hydroxylation is 1. The summed E-state index contributed by atoms with van der Waals surface area (Å²) in [6.45, 7) is 1.65. The number of aromatic nitrogens is 2. The highest BCUT2D eigenvalue weighted by molar-refractivity contribution is 7.98. The molecule has 0 radical (unpaired) electrons. The van der Waals surface area contributed by atoms with E-state index in [9.17, 15) is 9.18 Å². The van der Waals surface area contributed by atoms with Crippen LogP contribution in [0, 0.1) is 12.7 Å². The first kappa shape index (κ1) is 14.3. The summed E-state index contributed by atoms with van der Waals surface area (Å²) < 4.78 is 13.0. The first-order valence-corrected chi connectivity index (χ1v) is 6.77. The van der Waals surface area contributed by atoms with Crippen molar-refractivity contribution >= 4 is 23.5 Å². The summed E-state index contributed by atoms with van der Waals surface area (Å²) in [5.74, 6) is 0.0206. The number of nitrogens with two attached hydrogens (primary N) is 2. The lowest BCUT2D eigenvalue weighted by molar-refractivity contribution is 0.1000.